The highest BCUT2D eigenvalue weighted by molar-refractivity contribution is 7.99. The number of rotatable bonds is 20. The van der Waals surface area contributed by atoms with Gasteiger partial charge in [0.25, 0.3) is 0 Å². The van der Waals surface area contributed by atoms with Crippen LogP contribution < -0.4 is 0 Å². The zero-order chi connectivity index (χ0) is 26.0. The van der Waals surface area contributed by atoms with Crippen LogP contribution in [0.25, 0.3) is 22.8 Å². The number of ether oxygens (including phenoxy) is 1. The third-order valence-corrected chi connectivity index (χ3v) is 7.39. The average Bonchev–Trinajstić information content (AvgIpc) is 3.37. The van der Waals surface area contributed by atoms with E-state index in [2.05, 4.69) is 21.9 Å². The minimum absolute atomic E-state index is 0.353. The van der Waals surface area contributed by atoms with Gasteiger partial charge >= 0.3 is 0 Å². The fourth-order valence-corrected chi connectivity index (χ4v) is 5.07. The maximum atomic E-state index is 10.4. The zero-order valence-corrected chi connectivity index (χ0v) is 23.2. The van der Waals surface area contributed by atoms with Gasteiger partial charge in [-0.15, -0.1) is 0 Å². The Labute approximate surface area is 227 Å². The first-order valence-corrected chi connectivity index (χ1v) is 15.1. The van der Waals surface area contributed by atoms with Gasteiger partial charge in [0.15, 0.2) is 5.16 Å². The van der Waals surface area contributed by atoms with Crippen LogP contribution in [-0.4, -0.2) is 50.1 Å². The van der Waals surface area contributed by atoms with Crippen molar-refractivity contribution in [3.8, 4) is 22.8 Å². The number of aliphatic hydroxyl groups is 1. The summed E-state index contributed by atoms with van der Waals surface area (Å²) in [5.74, 6) is 0.509. The number of aromatic amines is 1. The van der Waals surface area contributed by atoms with Crippen molar-refractivity contribution in [1.82, 2.24) is 19.9 Å². The van der Waals surface area contributed by atoms with Crippen LogP contribution in [0.15, 0.2) is 53.9 Å². The number of unbranched alkanes of at least 4 members (excludes halogenated alkanes) is 11. The van der Waals surface area contributed by atoms with E-state index in [1.807, 2.05) is 36.4 Å². The van der Waals surface area contributed by atoms with Crippen molar-refractivity contribution in [1.29, 1.82) is 0 Å². The molecule has 37 heavy (non-hydrogen) atoms. The Bertz CT molecular complexity index is 911. The number of aliphatic hydroxyl groups excluding tert-OH is 1. The van der Waals surface area contributed by atoms with Gasteiger partial charge in [-0.3, -0.25) is 9.97 Å². The molecule has 7 heteroatoms. The fourth-order valence-electron chi connectivity index (χ4n) is 4.29. The van der Waals surface area contributed by atoms with Crippen LogP contribution in [0.5, 0.6) is 0 Å². The van der Waals surface area contributed by atoms with Crippen molar-refractivity contribution in [2.24, 2.45) is 0 Å². The van der Waals surface area contributed by atoms with E-state index in [1.54, 1.807) is 12.4 Å². The number of aromatic nitrogens is 4. The molecule has 0 fully saturated rings. The molecule has 2 N–H and O–H groups in total. The molecule has 0 spiro atoms. The first-order chi connectivity index (χ1) is 18.3. The molecule has 202 valence electrons. The quantitative estimate of drug-likeness (QED) is 0.116. The SMILES string of the molecule is CCCCCCCCCCCCCCOCC(O)CSc1nc(-c2ccccn2)c(-c2ccccn2)[nH]1. The Morgan fingerprint density at radius 1 is 0.811 bits per heavy atom. The van der Waals surface area contributed by atoms with Gasteiger partial charge in [0, 0.05) is 24.8 Å². The third kappa shape index (κ3) is 11.4. The highest BCUT2D eigenvalue weighted by Gasteiger charge is 2.17. The molecule has 6 nitrogen and oxygen atoms in total. The van der Waals surface area contributed by atoms with Gasteiger partial charge < -0.3 is 14.8 Å². The predicted octanol–water partition coefficient (Wildman–Crippen LogP) is 7.70. The number of nitrogens with zero attached hydrogens (tertiary/aromatic N) is 3. The van der Waals surface area contributed by atoms with Crippen LogP contribution in [0, 0.1) is 0 Å². The highest BCUT2D eigenvalue weighted by atomic mass is 32.2. The Morgan fingerprint density at radius 2 is 1.41 bits per heavy atom. The number of thioether (sulfide) groups is 1. The summed E-state index contributed by atoms with van der Waals surface area (Å²) in [5.41, 5.74) is 3.20. The molecule has 0 saturated carbocycles. The number of nitrogens with one attached hydrogen (secondary N) is 1. The summed E-state index contributed by atoms with van der Waals surface area (Å²) in [4.78, 5) is 17.0. The molecule has 3 rings (SSSR count). The molecule has 0 amide bonds. The second-order valence-corrected chi connectivity index (χ2v) is 10.6. The summed E-state index contributed by atoms with van der Waals surface area (Å²) in [7, 11) is 0. The van der Waals surface area contributed by atoms with E-state index in [4.69, 9.17) is 9.72 Å². The number of hydrogen-bond acceptors (Lipinski definition) is 6. The molecule has 0 aliphatic rings. The van der Waals surface area contributed by atoms with E-state index in [1.165, 1.54) is 82.4 Å². The molecule has 0 aromatic carbocycles. The molecule has 3 heterocycles. The lowest BCUT2D eigenvalue weighted by Gasteiger charge is -2.10. The summed E-state index contributed by atoms with van der Waals surface area (Å²) in [6, 6.07) is 11.6. The van der Waals surface area contributed by atoms with E-state index in [9.17, 15) is 5.11 Å². The number of pyridine rings is 2. The van der Waals surface area contributed by atoms with Gasteiger partial charge in [-0.05, 0) is 30.7 Å². The lowest BCUT2D eigenvalue weighted by Crippen LogP contribution is -2.18. The highest BCUT2D eigenvalue weighted by Crippen LogP contribution is 2.30. The Hall–Kier alpha value is -2.22. The molecule has 0 aliphatic heterocycles. The lowest BCUT2D eigenvalue weighted by molar-refractivity contribution is 0.0467. The van der Waals surface area contributed by atoms with Gasteiger partial charge in [0.05, 0.1) is 29.8 Å². The molecular formula is C30H44N4O2S. The van der Waals surface area contributed by atoms with E-state index in [0.29, 0.717) is 19.0 Å². The second kappa shape index (κ2) is 18.1. The number of hydrogen-bond donors (Lipinski definition) is 2. The monoisotopic (exact) mass is 524 g/mol. The van der Waals surface area contributed by atoms with Crippen molar-refractivity contribution in [2.75, 3.05) is 19.0 Å². The zero-order valence-electron chi connectivity index (χ0n) is 22.4. The van der Waals surface area contributed by atoms with Crippen molar-refractivity contribution in [3.63, 3.8) is 0 Å². The first-order valence-electron chi connectivity index (χ1n) is 14.1. The molecule has 0 saturated heterocycles. The van der Waals surface area contributed by atoms with Crippen molar-refractivity contribution >= 4 is 11.8 Å². The molecule has 0 bridgehead atoms. The summed E-state index contributed by atoms with van der Waals surface area (Å²) in [6.45, 7) is 3.34. The van der Waals surface area contributed by atoms with Crippen LogP contribution in [-0.2, 0) is 4.74 Å². The molecule has 0 radical (unpaired) electrons. The smallest absolute Gasteiger partial charge is 0.166 e. The molecule has 1 atom stereocenters. The lowest BCUT2D eigenvalue weighted by atomic mass is 10.1. The largest absolute Gasteiger partial charge is 0.390 e. The van der Waals surface area contributed by atoms with E-state index in [0.717, 1.165) is 34.4 Å². The van der Waals surface area contributed by atoms with Gasteiger partial charge in [0.2, 0.25) is 0 Å². The van der Waals surface area contributed by atoms with Crippen LogP contribution in [0.3, 0.4) is 0 Å². The molecule has 0 aliphatic carbocycles. The topological polar surface area (TPSA) is 83.9 Å². The number of imidazole rings is 1. The fraction of sp³-hybridized carbons (Fsp3) is 0.567. The van der Waals surface area contributed by atoms with Crippen LogP contribution in [0.4, 0.5) is 0 Å². The van der Waals surface area contributed by atoms with Crippen molar-refractivity contribution < 1.29 is 9.84 Å². The summed E-state index contributed by atoms with van der Waals surface area (Å²) in [5, 5.41) is 11.1. The normalized spacial score (nSPS) is 12.2. The van der Waals surface area contributed by atoms with E-state index in [-0.39, 0.29) is 0 Å². The van der Waals surface area contributed by atoms with E-state index < -0.39 is 6.10 Å². The first kappa shape index (κ1) is 29.3. The Balaban J connectivity index is 1.29. The van der Waals surface area contributed by atoms with Crippen LogP contribution in [0.1, 0.15) is 84.0 Å². The third-order valence-electron chi connectivity index (χ3n) is 6.38. The summed E-state index contributed by atoms with van der Waals surface area (Å²) < 4.78 is 5.73. The Kier molecular flexibility index (Phi) is 14.4. The summed E-state index contributed by atoms with van der Waals surface area (Å²) >= 11 is 1.49. The average molecular weight is 525 g/mol. The minimum Gasteiger partial charge on any atom is -0.390 e. The van der Waals surface area contributed by atoms with Gasteiger partial charge in [-0.1, -0.05) is 101 Å². The predicted molar refractivity (Wildman–Crippen MR) is 154 cm³/mol. The Morgan fingerprint density at radius 3 is 2.00 bits per heavy atom. The van der Waals surface area contributed by atoms with Crippen LogP contribution >= 0.6 is 11.8 Å². The maximum absolute atomic E-state index is 10.4. The second-order valence-electron chi connectivity index (χ2n) is 9.62. The molecule has 3 aromatic rings. The minimum atomic E-state index is -0.538. The van der Waals surface area contributed by atoms with Crippen molar-refractivity contribution in [3.05, 3.63) is 48.8 Å². The van der Waals surface area contributed by atoms with Crippen molar-refractivity contribution in [2.45, 2.75) is 95.2 Å². The summed E-state index contributed by atoms with van der Waals surface area (Å²) in [6.07, 6.45) is 19.0. The molecule has 1 unspecified atom stereocenters. The van der Waals surface area contributed by atoms with Gasteiger partial charge in [0.1, 0.15) is 5.69 Å². The molecular weight excluding hydrogens is 480 g/mol. The van der Waals surface area contributed by atoms with Gasteiger partial charge in [-0.2, -0.15) is 0 Å². The van der Waals surface area contributed by atoms with Crippen LogP contribution in [0.2, 0.25) is 0 Å². The standard InChI is InChI=1S/C30H44N4O2S/c1-2-3-4-5-6-7-8-9-10-11-12-17-22-36-23-25(35)24-37-30-33-28(26-18-13-15-20-31-26)29(34-30)27-19-14-16-21-32-27/h13-16,18-21,25,35H,2-12,17,22-24H2,1H3,(H,33,34). The van der Waals surface area contributed by atoms with Gasteiger partial charge in [-0.25, -0.2) is 4.98 Å². The number of H-pyrrole nitrogens is 1. The van der Waals surface area contributed by atoms with E-state index >= 15 is 0 Å². The molecule has 3 aromatic heterocycles. The maximum Gasteiger partial charge on any atom is 0.166 e.